The summed E-state index contributed by atoms with van der Waals surface area (Å²) in [5, 5.41) is 8.93. The molecule has 2 aromatic heterocycles. The Kier molecular flexibility index (Phi) is 4.25. The minimum Gasteiger partial charge on any atom is -1.00 e. The third-order valence-electron chi connectivity index (χ3n) is 2.28. The molecule has 0 amide bonds. The summed E-state index contributed by atoms with van der Waals surface area (Å²) in [5.74, 6) is -1.55. The average Bonchev–Trinajstić information content (AvgIpc) is 2.41. The number of halogens is 1. The van der Waals surface area contributed by atoms with Crippen molar-refractivity contribution >= 4 is 11.6 Å². The molecule has 80 valence electrons. The molecule has 6 heteroatoms. The molecule has 0 spiro atoms. The van der Waals surface area contributed by atoms with Crippen molar-refractivity contribution < 1.29 is 67.1 Å². The monoisotopic (exact) mass is 248 g/mol. The van der Waals surface area contributed by atoms with E-state index in [1.54, 1.807) is 13.8 Å². The number of fused-ring (bicyclic) bond motifs is 1. The van der Waals surface area contributed by atoms with E-state index in [9.17, 15) is 9.18 Å². The van der Waals surface area contributed by atoms with E-state index in [1.807, 2.05) is 0 Å². The van der Waals surface area contributed by atoms with E-state index in [0.717, 1.165) is 6.20 Å². The number of carboxylic acid groups (broad SMARTS) is 1. The molecule has 0 aliphatic heterocycles. The van der Waals surface area contributed by atoms with Crippen LogP contribution in [0.5, 0.6) is 0 Å². The number of aromatic nitrogens is 2. The third-order valence-corrected chi connectivity index (χ3v) is 2.28. The molecule has 2 aromatic rings. The Morgan fingerprint density at radius 1 is 1.56 bits per heavy atom. The molecule has 0 aliphatic rings. The molecule has 0 saturated carbocycles. The van der Waals surface area contributed by atoms with Crippen LogP contribution in [0.3, 0.4) is 0 Å². The summed E-state index contributed by atoms with van der Waals surface area (Å²) in [6.07, 6.45) is 1.15. The molecule has 2 rings (SSSR count). The standard InChI is InChI=1S/C10H9FN2O2.K.H/c1-5-3-8-12-6(2)9(10(14)15)13(8)4-7(5)11;;/h3-4H,1-2H3,(H,14,15);;/q;+1;-1. The van der Waals surface area contributed by atoms with Crippen LogP contribution >= 0.6 is 0 Å². The summed E-state index contributed by atoms with van der Waals surface area (Å²) in [6.45, 7) is 3.20. The second-order valence-electron chi connectivity index (χ2n) is 3.38. The predicted octanol–water partition coefficient (Wildman–Crippen LogP) is -1.10. The fraction of sp³-hybridized carbons (Fsp3) is 0.200. The molecule has 0 bridgehead atoms. The first-order valence-electron chi connectivity index (χ1n) is 4.39. The molecule has 2 heterocycles. The van der Waals surface area contributed by atoms with Crippen LogP contribution in [-0.2, 0) is 0 Å². The van der Waals surface area contributed by atoms with Gasteiger partial charge in [0.25, 0.3) is 0 Å². The van der Waals surface area contributed by atoms with Gasteiger partial charge in [0.15, 0.2) is 5.69 Å². The van der Waals surface area contributed by atoms with Gasteiger partial charge in [-0.25, -0.2) is 14.2 Å². The third kappa shape index (κ3) is 2.21. The molecule has 0 radical (unpaired) electrons. The van der Waals surface area contributed by atoms with E-state index in [1.165, 1.54) is 10.5 Å². The van der Waals surface area contributed by atoms with Crippen LogP contribution in [-0.4, -0.2) is 20.5 Å². The van der Waals surface area contributed by atoms with Gasteiger partial charge in [-0.3, -0.25) is 4.40 Å². The van der Waals surface area contributed by atoms with Gasteiger partial charge < -0.3 is 6.53 Å². The van der Waals surface area contributed by atoms with Crippen molar-refractivity contribution in [1.82, 2.24) is 9.38 Å². The molecular formula is C10H10FKN2O2. The number of pyridine rings is 1. The predicted molar refractivity (Wildman–Crippen MR) is 52.7 cm³/mol. The summed E-state index contributed by atoms with van der Waals surface area (Å²) in [5.41, 5.74) is 1.28. The first-order valence-corrected chi connectivity index (χ1v) is 4.39. The second-order valence-corrected chi connectivity index (χ2v) is 3.38. The number of hydrogen-bond acceptors (Lipinski definition) is 2. The number of carboxylic acids is 1. The largest absolute Gasteiger partial charge is 1.00 e. The molecule has 1 N–H and O–H groups in total. The smallest absolute Gasteiger partial charge is 1.00 e. The van der Waals surface area contributed by atoms with Gasteiger partial charge in [0, 0.05) is 6.20 Å². The average molecular weight is 248 g/mol. The van der Waals surface area contributed by atoms with E-state index in [2.05, 4.69) is 4.98 Å². The van der Waals surface area contributed by atoms with Gasteiger partial charge in [0.05, 0.1) is 5.69 Å². The maximum absolute atomic E-state index is 13.3. The van der Waals surface area contributed by atoms with Crippen molar-refractivity contribution in [3.63, 3.8) is 0 Å². The van der Waals surface area contributed by atoms with Crippen LogP contribution in [0.25, 0.3) is 5.65 Å². The summed E-state index contributed by atoms with van der Waals surface area (Å²) >= 11 is 0. The number of nitrogens with zero attached hydrogens (tertiary/aromatic N) is 2. The topological polar surface area (TPSA) is 54.6 Å². The van der Waals surface area contributed by atoms with Crippen molar-refractivity contribution in [3.8, 4) is 0 Å². The molecule has 0 fully saturated rings. The number of hydrogen-bond donors (Lipinski definition) is 1. The number of imidazole rings is 1. The molecule has 4 nitrogen and oxygen atoms in total. The van der Waals surface area contributed by atoms with Crippen molar-refractivity contribution in [2.24, 2.45) is 0 Å². The van der Waals surface area contributed by atoms with E-state index >= 15 is 0 Å². The number of aryl methyl sites for hydroxylation is 2. The maximum Gasteiger partial charge on any atom is 1.00 e. The minimum atomic E-state index is -1.11. The van der Waals surface area contributed by atoms with Gasteiger partial charge >= 0.3 is 57.4 Å². The molecule has 0 atom stereocenters. The Hall–Kier alpha value is -0.274. The summed E-state index contributed by atoms with van der Waals surface area (Å²) in [4.78, 5) is 15.0. The Morgan fingerprint density at radius 2 is 2.19 bits per heavy atom. The Morgan fingerprint density at radius 3 is 2.75 bits per heavy atom. The van der Waals surface area contributed by atoms with E-state index in [0.29, 0.717) is 16.9 Å². The maximum atomic E-state index is 13.3. The Bertz CT molecular complexity index is 571. The van der Waals surface area contributed by atoms with Crippen molar-refractivity contribution in [3.05, 3.63) is 35.0 Å². The SMILES string of the molecule is Cc1cc2nc(C)c(C(=O)O)n2cc1F.[H-].[K+]. The van der Waals surface area contributed by atoms with Gasteiger partial charge in [0.2, 0.25) is 0 Å². The van der Waals surface area contributed by atoms with E-state index in [4.69, 9.17) is 5.11 Å². The first kappa shape index (κ1) is 13.8. The molecule has 0 aliphatic carbocycles. The molecule has 0 aromatic carbocycles. The van der Waals surface area contributed by atoms with Crippen molar-refractivity contribution in [2.75, 3.05) is 0 Å². The zero-order valence-corrected chi connectivity index (χ0v) is 12.4. The summed E-state index contributed by atoms with van der Waals surface area (Å²) < 4.78 is 14.5. The fourth-order valence-corrected chi connectivity index (χ4v) is 1.54. The van der Waals surface area contributed by atoms with E-state index in [-0.39, 0.29) is 58.5 Å². The molecule has 16 heavy (non-hydrogen) atoms. The van der Waals surface area contributed by atoms with Gasteiger partial charge in [0.1, 0.15) is 11.5 Å². The Labute approximate surface area is 135 Å². The molecule has 0 unspecified atom stereocenters. The second kappa shape index (κ2) is 4.93. The zero-order valence-electron chi connectivity index (χ0n) is 10.3. The quantitative estimate of drug-likeness (QED) is 0.652. The van der Waals surface area contributed by atoms with Crippen LogP contribution in [0.1, 0.15) is 23.2 Å². The summed E-state index contributed by atoms with van der Waals surface area (Å²) in [6, 6.07) is 1.52. The first-order chi connectivity index (χ1) is 7.00. The van der Waals surface area contributed by atoms with Crippen LogP contribution in [0.2, 0.25) is 0 Å². The number of rotatable bonds is 1. The zero-order chi connectivity index (χ0) is 11.2. The van der Waals surface area contributed by atoms with Crippen LogP contribution < -0.4 is 51.4 Å². The number of carbonyl (C=O) groups is 1. The van der Waals surface area contributed by atoms with Crippen molar-refractivity contribution in [2.45, 2.75) is 13.8 Å². The fourth-order valence-electron chi connectivity index (χ4n) is 1.54. The minimum absolute atomic E-state index is 0. The van der Waals surface area contributed by atoms with Gasteiger partial charge in [-0.05, 0) is 25.5 Å². The van der Waals surface area contributed by atoms with Gasteiger partial charge in [-0.1, -0.05) is 0 Å². The number of aromatic carboxylic acids is 1. The molecular weight excluding hydrogens is 238 g/mol. The summed E-state index contributed by atoms with van der Waals surface area (Å²) in [7, 11) is 0. The van der Waals surface area contributed by atoms with Crippen molar-refractivity contribution in [1.29, 1.82) is 0 Å². The normalized spacial score (nSPS) is 10.2. The van der Waals surface area contributed by atoms with Gasteiger partial charge in [-0.15, -0.1) is 0 Å². The van der Waals surface area contributed by atoms with Crippen LogP contribution in [0, 0.1) is 19.7 Å². The van der Waals surface area contributed by atoms with Crippen LogP contribution in [0.15, 0.2) is 12.3 Å². The molecule has 0 saturated heterocycles. The Balaban J connectivity index is 0.00000128. The van der Waals surface area contributed by atoms with Gasteiger partial charge in [-0.2, -0.15) is 0 Å². The van der Waals surface area contributed by atoms with Crippen LogP contribution in [0.4, 0.5) is 4.39 Å². The van der Waals surface area contributed by atoms with E-state index < -0.39 is 11.8 Å².